The van der Waals surface area contributed by atoms with E-state index in [4.69, 9.17) is 34.8 Å². The minimum absolute atomic E-state index is 0. The molecule has 3 amide bonds. The number of halogens is 9. The van der Waals surface area contributed by atoms with Crippen LogP contribution >= 0.6 is 34.8 Å². The molecule has 9 atom stereocenters. The van der Waals surface area contributed by atoms with E-state index < -0.39 is 53.2 Å². The van der Waals surface area contributed by atoms with E-state index >= 15 is 0 Å². The summed E-state index contributed by atoms with van der Waals surface area (Å²) in [6, 6.07) is -0.839. The summed E-state index contributed by atoms with van der Waals surface area (Å²) < 4.78 is 85.3. The number of carbonyl (C=O) groups is 3. The Morgan fingerprint density at radius 2 is 0.724 bits per heavy atom. The second kappa shape index (κ2) is 22.2. The maximum Gasteiger partial charge on any atom is 0.260 e. The number of anilines is 6. The number of alkyl halides is 6. The first kappa shape index (κ1) is 58.4. The highest BCUT2D eigenvalue weighted by Gasteiger charge is 2.66. The van der Waals surface area contributed by atoms with Gasteiger partial charge in [-0.15, -0.1) is 0 Å². The Morgan fingerprint density at radius 3 is 0.943 bits per heavy atom. The van der Waals surface area contributed by atoms with Gasteiger partial charge >= 0.3 is 0 Å². The molecule has 0 radical (unpaired) electrons. The smallest absolute Gasteiger partial charge is 0.260 e. The molecule has 9 aliphatic rings. The van der Waals surface area contributed by atoms with Crippen LogP contribution in [0.1, 0.15) is 98.4 Å². The zero-order valence-electron chi connectivity index (χ0n) is 46.9. The number of aryl methyl sites for hydroxylation is 3. The number of rotatable bonds is 12. The van der Waals surface area contributed by atoms with Crippen molar-refractivity contribution < 1.29 is 45.0 Å². The van der Waals surface area contributed by atoms with Crippen LogP contribution in [-0.4, -0.2) is 146 Å². The van der Waals surface area contributed by atoms with Gasteiger partial charge in [-0.25, -0.2) is 56.2 Å². The van der Waals surface area contributed by atoms with Gasteiger partial charge in [0, 0.05) is 81.4 Å². The van der Waals surface area contributed by atoms with Crippen LogP contribution in [0.2, 0.25) is 15.1 Å². The summed E-state index contributed by atoms with van der Waals surface area (Å²) in [7, 11) is 5.44. The summed E-state index contributed by atoms with van der Waals surface area (Å²) in [4.78, 5) is 68.9. The van der Waals surface area contributed by atoms with E-state index in [0.717, 1.165) is 72.3 Å². The van der Waals surface area contributed by atoms with E-state index in [9.17, 15) is 40.7 Å². The molecule has 21 nitrogen and oxygen atoms in total. The average molecular weight is 1270 g/mol. The zero-order chi connectivity index (χ0) is 61.0. The molecule has 3 saturated heterocycles. The number of fused-ring (bicyclic) bond motifs is 6. The second-order valence-corrected chi connectivity index (χ2v) is 24.8. The number of hydrogen-bond donors (Lipinski definition) is 3. The highest BCUT2D eigenvalue weighted by Crippen LogP contribution is 2.55. The van der Waals surface area contributed by atoms with Gasteiger partial charge in [0.15, 0.2) is 0 Å². The molecule has 30 heteroatoms. The molecule has 6 aliphatic heterocycles. The molecule has 0 aromatic carbocycles. The molecule has 6 fully saturated rings. The molecule has 6 aromatic rings. The molecule has 12 heterocycles. The zero-order valence-corrected chi connectivity index (χ0v) is 49.2. The SMILES string of the molecule is Cn1cc(Nc2ncc(Cl)c(C3=CC4CCC(C3)N4C(=O)[C@@H]3CC3(F)F)n2)cn1.Cn1cc(Nc2ncc(Cl)c(C3=C[C@@H]4CC[C@H](C3)N4C(=O)[C@@H]3CC3(F)F)n2)cn1.Cn1cc(Nc2ncc(Cl)c(C3=C[C@H]4CC[C@@H](C3)N4C(=O)[C@@H]3CC3(F)F)n2)cn1.[HH].[HH].[HH]. The number of aromatic nitrogens is 12. The maximum atomic E-state index is 13.4. The molecular weight excluding hydrogens is 1210 g/mol. The van der Waals surface area contributed by atoms with Crippen LogP contribution in [0.15, 0.2) is 74.0 Å². The molecule has 15 rings (SSSR count). The van der Waals surface area contributed by atoms with Crippen LogP contribution in [0.3, 0.4) is 0 Å². The third-order valence-electron chi connectivity index (χ3n) is 17.3. The molecular formula is C57H63Cl3F6N18O3. The lowest BCUT2D eigenvalue weighted by Crippen LogP contribution is -2.44. The van der Waals surface area contributed by atoms with Gasteiger partial charge in [-0.05, 0) is 74.5 Å². The van der Waals surface area contributed by atoms with Crippen LogP contribution in [0.5, 0.6) is 0 Å². The molecule has 3 aliphatic carbocycles. The van der Waals surface area contributed by atoms with E-state index in [2.05, 4.69) is 61.2 Å². The minimum Gasteiger partial charge on any atom is -0.332 e. The largest absolute Gasteiger partial charge is 0.332 e. The van der Waals surface area contributed by atoms with Crippen molar-refractivity contribution >= 4 is 104 Å². The van der Waals surface area contributed by atoms with Crippen molar-refractivity contribution in [2.75, 3.05) is 16.0 Å². The Balaban J connectivity index is 0.000000146. The lowest BCUT2D eigenvalue weighted by molar-refractivity contribution is -0.138. The Labute approximate surface area is 513 Å². The predicted octanol–water partition coefficient (Wildman–Crippen LogP) is 11.0. The Bertz CT molecular complexity index is 3470. The topological polar surface area (TPSA) is 228 Å². The molecule has 0 spiro atoms. The monoisotopic (exact) mass is 1270 g/mol. The summed E-state index contributed by atoms with van der Waals surface area (Å²) in [6.07, 6.45) is 26.1. The summed E-state index contributed by atoms with van der Waals surface area (Å²) in [5, 5.41) is 22.8. The number of nitrogens with zero attached hydrogens (tertiary/aromatic N) is 15. The quantitative estimate of drug-likeness (QED) is 0.0968. The van der Waals surface area contributed by atoms with Gasteiger partial charge in [0.2, 0.25) is 35.6 Å². The fourth-order valence-electron chi connectivity index (χ4n) is 12.8. The molecule has 6 bridgehead atoms. The van der Waals surface area contributed by atoms with Crippen LogP contribution in [0.25, 0.3) is 16.7 Å². The van der Waals surface area contributed by atoms with Crippen LogP contribution in [0, 0.1) is 17.8 Å². The van der Waals surface area contributed by atoms with Crippen LogP contribution in [0.4, 0.5) is 61.2 Å². The molecule has 87 heavy (non-hydrogen) atoms. The highest BCUT2D eigenvalue weighted by molar-refractivity contribution is 6.32. The van der Waals surface area contributed by atoms with Crippen molar-refractivity contribution in [3.8, 4) is 0 Å². The third kappa shape index (κ3) is 11.8. The van der Waals surface area contributed by atoms with E-state index in [1.54, 1.807) is 65.9 Å². The van der Waals surface area contributed by atoms with Crippen molar-refractivity contribution in [3.63, 3.8) is 0 Å². The fourth-order valence-corrected chi connectivity index (χ4v) is 13.5. The minimum atomic E-state index is -2.84. The van der Waals surface area contributed by atoms with E-state index in [1.165, 1.54) is 18.6 Å². The predicted molar refractivity (Wildman–Crippen MR) is 315 cm³/mol. The number of hydrogen-bond acceptors (Lipinski definition) is 15. The number of amides is 3. The lowest BCUT2D eigenvalue weighted by atomic mass is 9.97. The van der Waals surface area contributed by atoms with Crippen molar-refractivity contribution in [2.45, 2.75) is 131 Å². The van der Waals surface area contributed by atoms with Gasteiger partial charge in [-0.3, -0.25) is 28.4 Å². The van der Waals surface area contributed by atoms with Gasteiger partial charge in [-0.1, -0.05) is 53.0 Å². The summed E-state index contributed by atoms with van der Waals surface area (Å²) in [5.41, 5.74) is 6.83. The van der Waals surface area contributed by atoms with Crippen molar-refractivity contribution in [1.29, 1.82) is 0 Å². The van der Waals surface area contributed by atoms with Crippen LogP contribution in [-0.2, 0) is 35.5 Å². The molecule has 3 saturated carbocycles. The number of carbonyl (C=O) groups excluding carboxylic acids is 3. The summed E-state index contributed by atoms with van der Waals surface area (Å²) in [5.74, 6) is -12.1. The standard InChI is InChI=1S/3C19H19ClF2N6O.3H2/c3*1-27-9-11(7-24-27)25-18-23-8-15(20)16(26-18)10-4-12-2-3-13(5-10)28(12)17(29)14-6-19(14,21)22;;;/h3*4,7-9,12-14H,2-3,5-6H2,1H3,(H,23,25,26);3*1H/t12?,13?,14-;12-,13+,14+;12-,13+,14-;;;/m010.../s1. The first-order valence-electron chi connectivity index (χ1n) is 28.5. The Morgan fingerprint density at radius 1 is 0.460 bits per heavy atom. The third-order valence-corrected chi connectivity index (χ3v) is 18.2. The van der Waals surface area contributed by atoms with Gasteiger partial charge in [0.25, 0.3) is 17.8 Å². The van der Waals surface area contributed by atoms with Gasteiger partial charge in [0.1, 0.15) is 17.8 Å². The first-order chi connectivity index (χ1) is 41.4. The van der Waals surface area contributed by atoms with Crippen molar-refractivity contribution in [3.05, 3.63) is 106 Å². The van der Waals surface area contributed by atoms with E-state index in [1.807, 2.05) is 39.4 Å². The molecule has 6 aromatic heterocycles. The maximum absolute atomic E-state index is 13.4. The molecule has 2 unspecified atom stereocenters. The second-order valence-electron chi connectivity index (χ2n) is 23.6. The highest BCUT2D eigenvalue weighted by atomic mass is 35.5. The van der Waals surface area contributed by atoms with Crippen molar-refractivity contribution in [1.82, 2.24) is 73.9 Å². The average Bonchev–Trinajstić information content (AvgIpc) is 1.60. The van der Waals surface area contributed by atoms with E-state index in [0.29, 0.717) is 69.3 Å². The molecule has 3 N–H and O–H groups in total. The van der Waals surface area contributed by atoms with Crippen molar-refractivity contribution in [2.24, 2.45) is 38.9 Å². The summed E-state index contributed by atoms with van der Waals surface area (Å²) in [6.45, 7) is 0. The fraction of sp³-hybridized carbons (Fsp3) is 0.474. The number of nitrogens with one attached hydrogen (secondary N) is 3. The van der Waals surface area contributed by atoms with E-state index in [-0.39, 0.29) is 59.8 Å². The normalized spacial score (nSPS) is 27.0. The Hall–Kier alpha value is -7.65. The first-order valence-corrected chi connectivity index (χ1v) is 29.7. The van der Waals surface area contributed by atoms with Gasteiger partial charge in [-0.2, -0.15) is 15.3 Å². The van der Waals surface area contributed by atoms with Crippen LogP contribution < -0.4 is 16.0 Å². The Kier molecular flexibility index (Phi) is 14.9. The molecule has 462 valence electrons. The summed E-state index contributed by atoms with van der Waals surface area (Å²) >= 11 is 19.1. The van der Waals surface area contributed by atoms with Gasteiger partial charge < -0.3 is 30.7 Å². The van der Waals surface area contributed by atoms with Gasteiger partial charge in [0.05, 0.1) is 105 Å². The lowest BCUT2D eigenvalue weighted by Gasteiger charge is -2.34.